The highest BCUT2D eigenvalue weighted by Crippen LogP contribution is 1.66. The molecule has 0 spiro atoms. The molecule has 0 saturated carbocycles. The van der Waals surface area contributed by atoms with Crippen molar-refractivity contribution in [1.29, 1.82) is 0 Å². The van der Waals surface area contributed by atoms with Crippen LogP contribution in [0.1, 0.15) is 13.8 Å². The zero-order valence-electron chi connectivity index (χ0n) is 5.02. The summed E-state index contributed by atoms with van der Waals surface area (Å²) < 4.78 is 0. The number of ketones is 1. The number of nitrogens with one attached hydrogen (secondary N) is 1. The van der Waals surface area contributed by atoms with Crippen LogP contribution in [0.4, 0.5) is 0 Å². The normalized spacial score (nSPS) is 8.25. The Morgan fingerprint density at radius 1 is 1.50 bits per heavy atom. The molecule has 0 aliphatic heterocycles. The minimum absolute atomic E-state index is 0.438. The van der Waals surface area contributed by atoms with Gasteiger partial charge in [-0.15, -0.1) is 0 Å². The highest BCUT2D eigenvalue weighted by atomic mass is 16.2. The van der Waals surface area contributed by atoms with Gasteiger partial charge in [-0.05, 0) is 6.92 Å². The van der Waals surface area contributed by atoms with E-state index in [1.165, 1.54) is 6.92 Å². The molecular formula is C5H9NO2. The summed E-state index contributed by atoms with van der Waals surface area (Å²) in [6, 6.07) is 0. The summed E-state index contributed by atoms with van der Waals surface area (Å²) in [5.74, 6) is -0.945. The van der Waals surface area contributed by atoms with Crippen molar-refractivity contribution in [1.82, 2.24) is 5.32 Å². The maximum absolute atomic E-state index is 10.3. The molecule has 3 nitrogen and oxygen atoms in total. The van der Waals surface area contributed by atoms with E-state index in [2.05, 4.69) is 5.32 Å². The number of carbonyl (C=O) groups excluding carboxylic acids is 2. The van der Waals surface area contributed by atoms with Crippen LogP contribution in [0.25, 0.3) is 0 Å². The Bertz CT molecular complexity index is 109. The standard InChI is InChI=1S/C5H9NO2/c1-3-6-5(8)4(2)7/h3H2,1-2H3,(H,6,8). The maximum atomic E-state index is 10.3. The molecule has 0 rings (SSSR count). The van der Waals surface area contributed by atoms with Gasteiger partial charge >= 0.3 is 0 Å². The number of likely N-dealkylation sites (N-methyl/N-ethyl adjacent to an activating group) is 1. The summed E-state index contributed by atoms with van der Waals surface area (Å²) >= 11 is 0. The van der Waals surface area contributed by atoms with Gasteiger partial charge in [0.25, 0.3) is 5.91 Å². The number of rotatable bonds is 2. The molecule has 46 valence electrons. The van der Waals surface area contributed by atoms with Gasteiger partial charge in [-0.1, -0.05) is 0 Å². The van der Waals surface area contributed by atoms with Gasteiger partial charge in [0.05, 0.1) is 0 Å². The van der Waals surface area contributed by atoms with Crippen LogP contribution in [0.15, 0.2) is 0 Å². The van der Waals surface area contributed by atoms with Crippen LogP contribution < -0.4 is 5.32 Å². The maximum Gasteiger partial charge on any atom is 0.287 e. The van der Waals surface area contributed by atoms with E-state index in [9.17, 15) is 9.59 Å². The zero-order chi connectivity index (χ0) is 6.57. The number of hydrogen-bond acceptors (Lipinski definition) is 2. The minimum Gasteiger partial charge on any atom is -0.350 e. The minimum atomic E-state index is -0.507. The van der Waals surface area contributed by atoms with Crippen molar-refractivity contribution in [2.45, 2.75) is 13.8 Å². The Morgan fingerprint density at radius 3 is 2.12 bits per heavy atom. The van der Waals surface area contributed by atoms with Crippen molar-refractivity contribution in [2.24, 2.45) is 0 Å². The highest BCUT2D eigenvalue weighted by Gasteiger charge is 2.02. The van der Waals surface area contributed by atoms with E-state index in [-0.39, 0.29) is 0 Å². The lowest BCUT2D eigenvalue weighted by Crippen LogP contribution is -2.28. The van der Waals surface area contributed by atoms with Crippen molar-refractivity contribution in [3.05, 3.63) is 0 Å². The average molecular weight is 115 g/mol. The summed E-state index contributed by atoms with van der Waals surface area (Å²) in [5, 5.41) is 2.36. The average Bonchev–Trinajstić information content (AvgIpc) is 1.67. The Balaban J connectivity index is 3.49. The van der Waals surface area contributed by atoms with E-state index < -0.39 is 11.7 Å². The lowest BCUT2D eigenvalue weighted by molar-refractivity contribution is -0.136. The van der Waals surface area contributed by atoms with Crippen molar-refractivity contribution >= 4 is 11.7 Å². The quantitative estimate of drug-likeness (QED) is 0.503. The molecule has 0 heterocycles. The summed E-state index contributed by atoms with van der Waals surface area (Å²) in [7, 11) is 0. The molecule has 0 atom stereocenters. The predicted octanol–water partition coefficient (Wildman–Crippen LogP) is -0.288. The zero-order valence-corrected chi connectivity index (χ0v) is 5.02. The van der Waals surface area contributed by atoms with E-state index in [4.69, 9.17) is 0 Å². The van der Waals surface area contributed by atoms with Gasteiger partial charge in [0, 0.05) is 13.5 Å². The lowest BCUT2D eigenvalue weighted by atomic mass is 10.4. The Hall–Kier alpha value is -0.860. The Morgan fingerprint density at radius 2 is 2.00 bits per heavy atom. The molecule has 0 aliphatic rings. The van der Waals surface area contributed by atoms with Crippen LogP contribution in [0, 0.1) is 0 Å². The van der Waals surface area contributed by atoms with Crippen LogP contribution in [0.5, 0.6) is 0 Å². The van der Waals surface area contributed by atoms with Gasteiger partial charge in [0.1, 0.15) is 0 Å². The molecule has 1 amide bonds. The molecular weight excluding hydrogens is 106 g/mol. The summed E-state index contributed by atoms with van der Waals surface area (Å²) in [5.41, 5.74) is 0. The third-order valence-electron chi connectivity index (χ3n) is 0.657. The van der Waals surface area contributed by atoms with Gasteiger partial charge in [-0.25, -0.2) is 0 Å². The molecule has 0 aromatic rings. The Kier molecular flexibility index (Phi) is 2.84. The van der Waals surface area contributed by atoms with Gasteiger partial charge in [0.2, 0.25) is 5.78 Å². The molecule has 0 aromatic heterocycles. The molecule has 0 fully saturated rings. The molecule has 0 aliphatic carbocycles. The second kappa shape index (κ2) is 3.18. The second-order valence-corrected chi connectivity index (χ2v) is 1.42. The van der Waals surface area contributed by atoms with Crippen molar-refractivity contribution < 1.29 is 9.59 Å². The third-order valence-corrected chi connectivity index (χ3v) is 0.657. The van der Waals surface area contributed by atoms with Crippen LogP contribution >= 0.6 is 0 Å². The first-order chi connectivity index (χ1) is 3.68. The van der Waals surface area contributed by atoms with Gasteiger partial charge in [-0.2, -0.15) is 0 Å². The number of amides is 1. The first kappa shape index (κ1) is 7.14. The smallest absolute Gasteiger partial charge is 0.287 e. The fraction of sp³-hybridized carbons (Fsp3) is 0.600. The fourth-order valence-electron chi connectivity index (χ4n) is 0.285. The van der Waals surface area contributed by atoms with E-state index in [0.29, 0.717) is 6.54 Å². The van der Waals surface area contributed by atoms with E-state index >= 15 is 0 Å². The van der Waals surface area contributed by atoms with Crippen molar-refractivity contribution in [3.63, 3.8) is 0 Å². The Labute approximate surface area is 48.1 Å². The lowest BCUT2D eigenvalue weighted by Gasteiger charge is -1.93. The molecule has 0 unspecified atom stereocenters. The number of hydrogen-bond donors (Lipinski definition) is 1. The van der Waals surface area contributed by atoms with Crippen LogP contribution in [0.3, 0.4) is 0 Å². The van der Waals surface area contributed by atoms with E-state index in [0.717, 1.165) is 0 Å². The largest absolute Gasteiger partial charge is 0.350 e. The molecule has 8 heavy (non-hydrogen) atoms. The summed E-state index contributed by atoms with van der Waals surface area (Å²) in [4.78, 5) is 20.4. The monoisotopic (exact) mass is 115 g/mol. The second-order valence-electron chi connectivity index (χ2n) is 1.42. The van der Waals surface area contributed by atoms with E-state index in [1.807, 2.05) is 0 Å². The highest BCUT2D eigenvalue weighted by molar-refractivity contribution is 6.35. The first-order valence-electron chi connectivity index (χ1n) is 2.47. The van der Waals surface area contributed by atoms with Crippen LogP contribution in [-0.2, 0) is 9.59 Å². The number of Topliss-reactive ketones (excluding diaryl/α,β-unsaturated/α-hetero) is 1. The third kappa shape index (κ3) is 2.34. The molecule has 3 heteroatoms. The predicted molar refractivity (Wildman–Crippen MR) is 29.4 cm³/mol. The van der Waals surface area contributed by atoms with Gasteiger partial charge < -0.3 is 5.32 Å². The first-order valence-corrected chi connectivity index (χ1v) is 2.47. The summed E-state index contributed by atoms with van der Waals surface area (Å²) in [6.45, 7) is 3.52. The fourth-order valence-corrected chi connectivity index (χ4v) is 0.285. The SMILES string of the molecule is CCNC(=O)C(C)=O. The number of carbonyl (C=O) groups is 2. The van der Waals surface area contributed by atoms with Crippen LogP contribution in [-0.4, -0.2) is 18.2 Å². The van der Waals surface area contributed by atoms with Crippen molar-refractivity contribution in [3.8, 4) is 0 Å². The molecule has 0 saturated heterocycles. The molecule has 0 radical (unpaired) electrons. The molecule has 1 N–H and O–H groups in total. The van der Waals surface area contributed by atoms with Crippen molar-refractivity contribution in [2.75, 3.05) is 6.54 Å². The van der Waals surface area contributed by atoms with Gasteiger partial charge in [0.15, 0.2) is 0 Å². The topological polar surface area (TPSA) is 46.2 Å². The summed E-state index contributed by atoms with van der Waals surface area (Å²) in [6.07, 6.45) is 0. The van der Waals surface area contributed by atoms with Crippen LogP contribution in [0.2, 0.25) is 0 Å². The molecule has 0 bridgehead atoms. The van der Waals surface area contributed by atoms with E-state index in [1.54, 1.807) is 6.92 Å². The van der Waals surface area contributed by atoms with Gasteiger partial charge in [-0.3, -0.25) is 9.59 Å². The molecule has 0 aromatic carbocycles.